The summed E-state index contributed by atoms with van der Waals surface area (Å²) in [6.45, 7) is 6.55. The number of ether oxygens (including phenoxy) is 1. The first-order chi connectivity index (χ1) is 10.5. The van der Waals surface area contributed by atoms with Crippen LogP contribution in [-0.2, 0) is 4.79 Å². The van der Waals surface area contributed by atoms with E-state index < -0.39 is 0 Å². The molecule has 0 spiro atoms. The number of amides is 1. The van der Waals surface area contributed by atoms with Crippen LogP contribution in [0.3, 0.4) is 0 Å². The van der Waals surface area contributed by atoms with Crippen molar-refractivity contribution in [1.29, 1.82) is 0 Å². The molecule has 4 nitrogen and oxygen atoms in total. The second-order valence-electron chi connectivity index (χ2n) is 6.38. The van der Waals surface area contributed by atoms with Gasteiger partial charge in [-0.25, -0.2) is 0 Å². The number of benzene rings is 1. The van der Waals surface area contributed by atoms with Crippen LogP contribution in [0.1, 0.15) is 48.8 Å². The van der Waals surface area contributed by atoms with Crippen LogP contribution in [0.25, 0.3) is 0 Å². The molecule has 2 N–H and O–H groups in total. The second-order valence-corrected chi connectivity index (χ2v) is 6.38. The van der Waals surface area contributed by atoms with Crippen LogP contribution in [0.2, 0.25) is 0 Å². The molecule has 0 aromatic heterocycles. The van der Waals surface area contributed by atoms with Gasteiger partial charge in [0.15, 0.2) is 0 Å². The summed E-state index contributed by atoms with van der Waals surface area (Å²) >= 11 is 0. The Labute approximate surface area is 132 Å². The molecular weight excluding hydrogens is 278 g/mol. The molecule has 1 saturated carbocycles. The Kier molecular flexibility index (Phi) is 5.83. The van der Waals surface area contributed by atoms with Crippen molar-refractivity contribution < 1.29 is 14.6 Å². The zero-order valence-corrected chi connectivity index (χ0v) is 13.8. The molecule has 0 unspecified atom stereocenters. The summed E-state index contributed by atoms with van der Waals surface area (Å²) in [5.74, 6) is 0.898. The maximum Gasteiger partial charge on any atom is 0.223 e. The number of rotatable bonds is 5. The molecule has 2 rings (SSSR count). The minimum atomic E-state index is -0.191. The van der Waals surface area contributed by atoms with Crippen LogP contribution in [0.15, 0.2) is 12.1 Å². The number of aryl methyl sites for hydroxylation is 2. The van der Waals surface area contributed by atoms with Gasteiger partial charge in [-0.05, 0) is 69.2 Å². The number of nitrogens with one attached hydrogen (secondary N) is 1. The molecule has 0 bridgehead atoms. The SMILES string of the molecule is Cc1cc(C)c(C)c(OCCC(=O)NC2CCC(O)CC2)c1. The Morgan fingerprint density at radius 2 is 1.91 bits per heavy atom. The van der Waals surface area contributed by atoms with Crippen LogP contribution in [0.5, 0.6) is 5.75 Å². The summed E-state index contributed by atoms with van der Waals surface area (Å²) in [5.41, 5.74) is 3.51. The Morgan fingerprint density at radius 1 is 1.23 bits per heavy atom. The van der Waals surface area contributed by atoms with Crippen molar-refractivity contribution in [3.05, 3.63) is 28.8 Å². The zero-order valence-electron chi connectivity index (χ0n) is 13.8. The Hall–Kier alpha value is -1.55. The van der Waals surface area contributed by atoms with Crippen molar-refractivity contribution in [1.82, 2.24) is 5.32 Å². The summed E-state index contributed by atoms with van der Waals surface area (Å²) in [6.07, 6.45) is 3.47. The highest BCUT2D eigenvalue weighted by atomic mass is 16.5. The lowest BCUT2D eigenvalue weighted by Crippen LogP contribution is -2.39. The topological polar surface area (TPSA) is 58.6 Å². The number of carbonyl (C=O) groups excluding carboxylic acids is 1. The first-order valence-corrected chi connectivity index (χ1v) is 8.14. The lowest BCUT2D eigenvalue weighted by molar-refractivity contribution is -0.122. The van der Waals surface area contributed by atoms with Gasteiger partial charge in [0.1, 0.15) is 5.75 Å². The van der Waals surface area contributed by atoms with Gasteiger partial charge in [-0.15, -0.1) is 0 Å². The molecule has 1 aliphatic rings. The third kappa shape index (κ3) is 4.73. The molecular formula is C18H27NO3. The van der Waals surface area contributed by atoms with Gasteiger partial charge in [-0.2, -0.15) is 0 Å². The van der Waals surface area contributed by atoms with E-state index in [0.29, 0.717) is 13.0 Å². The predicted molar refractivity (Wildman–Crippen MR) is 87.2 cm³/mol. The highest BCUT2D eigenvalue weighted by Crippen LogP contribution is 2.23. The zero-order chi connectivity index (χ0) is 16.1. The molecule has 1 aromatic rings. The van der Waals surface area contributed by atoms with Crippen molar-refractivity contribution in [2.75, 3.05) is 6.61 Å². The first kappa shape index (κ1) is 16.8. The average Bonchev–Trinajstić information content (AvgIpc) is 2.46. The number of hydrogen-bond donors (Lipinski definition) is 2. The fourth-order valence-electron chi connectivity index (χ4n) is 2.92. The Morgan fingerprint density at radius 3 is 2.59 bits per heavy atom. The molecule has 1 aromatic carbocycles. The minimum absolute atomic E-state index is 0.0309. The first-order valence-electron chi connectivity index (χ1n) is 8.14. The summed E-state index contributed by atoms with van der Waals surface area (Å²) in [7, 11) is 0. The van der Waals surface area contributed by atoms with Crippen LogP contribution < -0.4 is 10.1 Å². The smallest absolute Gasteiger partial charge is 0.223 e. The van der Waals surface area contributed by atoms with Crippen LogP contribution >= 0.6 is 0 Å². The highest BCUT2D eigenvalue weighted by Gasteiger charge is 2.20. The third-order valence-electron chi connectivity index (χ3n) is 4.41. The molecule has 0 atom stereocenters. The van der Waals surface area contributed by atoms with E-state index in [2.05, 4.69) is 18.3 Å². The standard InChI is InChI=1S/C18H27NO3/c1-12-10-13(2)14(3)17(11-12)22-9-8-18(21)19-15-4-6-16(20)7-5-15/h10-11,15-16,20H,4-9H2,1-3H3,(H,19,21). The summed E-state index contributed by atoms with van der Waals surface area (Å²) in [5, 5.41) is 12.5. The van der Waals surface area contributed by atoms with E-state index in [0.717, 1.165) is 37.0 Å². The number of carbonyl (C=O) groups is 1. The second kappa shape index (κ2) is 7.63. The largest absolute Gasteiger partial charge is 0.493 e. The lowest BCUT2D eigenvalue weighted by Gasteiger charge is -2.26. The maximum atomic E-state index is 11.9. The van der Waals surface area contributed by atoms with Crippen LogP contribution in [0.4, 0.5) is 0 Å². The van der Waals surface area contributed by atoms with Gasteiger partial charge in [-0.3, -0.25) is 4.79 Å². The van der Waals surface area contributed by atoms with E-state index in [1.165, 1.54) is 11.1 Å². The van der Waals surface area contributed by atoms with Gasteiger partial charge in [0, 0.05) is 6.04 Å². The van der Waals surface area contributed by atoms with E-state index in [1.807, 2.05) is 19.9 Å². The van der Waals surface area contributed by atoms with E-state index in [1.54, 1.807) is 0 Å². The van der Waals surface area contributed by atoms with Gasteiger partial charge in [0.05, 0.1) is 19.1 Å². The monoisotopic (exact) mass is 305 g/mol. The average molecular weight is 305 g/mol. The molecule has 122 valence electrons. The molecule has 22 heavy (non-hydrogen) atoms. The molecule has 0 saturated heterocycles. The summed E-state index contributed by atoms with van der Waals surface area (Å²) < 4.78 is 5.77. The summed E-state index contributed by atoms with van der Waals surface area (Å²) in [4.78, 5) is 11.9. The third-order valence-corrected chi connectivity index (χ3v) is 4.41. The number of hydrogen-bond acceptors (Lipinski definition) is 3. The quantitative estimate of drug-likeness (QED) is 0.879. The highest BCUT2D eigenvalue weighted by molar-refractivity contribution is 5.76. The lowest BCUT2D eigenvalue weighted by atomic mass is 9.93. The van der Waals surface area contributed by atoms with E-state index in [4.69, 9.17) is 4.74 Å². The van der Waals surface area contributed by atoms with Gasteiger partial charge in [0.25, 0.3) is 0 Å². The molecule has 0 radical (unpaired) electrons. The van der Waals surface area contributed by atoms with Crippen molar-refractivity contribution >= 4 is 5.91 Å². The van der Waals surface area contributed by atoms with Crippen molar-refractivity contribution in [3.8, 4) is 5.75 Å². The van der Waals surface area contributed by atoms with Crippen molar-refractivity contribution in [3.63, 3.8) is 0 Å². The normalized spacial score (nSPS) is 21.5. The van der Waals surface area contributed by atoms with Crippen LogP contribution in [0, 0.1) is 20.8 Å². The summed E-state index contributed by atoms with van der Waals surface area (Å²) in [6, 6.07) is 4.36. The molecule has 0 aliphatic heterocycles. The molecule has 4 heteroatoms. The fourth-order valence-corrected chi connectivity index (χ4v) is 2.92. The molecule has 1 fully saturated rings. The number of aliphatic hydroxyl groups excluding tert-OH is 1. The van der Waals surface area contributed by atoms with Crippen LogP contribution in [-0.4, -0.2) is 29.8 Å². The Bertz CT molecular complexity index is 519. The van der Waals surface area contributed by atoms with E-state index >= 15 is 0 Å². The van der Waals surface area contributed by atoms with Crippen molar-refractivity contribution in [2.45, 2.75) is 65.0 Å². The van der Waals surface area contributed by atoms with Crippen molar-refractivity contribution in [2.24, 2.45) is 0 Å². The van der Waals surface area contributed by atoms with Gasteiger partial charge < -0.3 is 15.2 Å². The molecule has 1 amide bonds. The Balaban J connectivity index is 1.75. The van der Waals surface area contributed by atoms with Gasteiger partial charge in [-0.1, -0.05) is 6.07 Å². The molecule has 1 aliphatic carbocycles. The minimum Gasteiger partial charge on any atom is -0.493 e. The predicted octanol–water partition coefficient (Wildman–Crippen LogP) is 2.80. The van der Waals surface area contributed by atoms with E-state index in [9.17, 15) is 9.90 Å². The maximum absolute atomic E-state index is 11.9. The molecule has 0 heterocycles. The van der Waals surface area contributed by atoms with Gasteiger partial charge in [0.2, 0.25) is 5.91 Å². The van der Waals surface area contributed by atoms with E-state index in [-0.39, 0.29) is 18.1 Å². The number of aliphatic hydroxyl groups is 1. The fraction of sp³-hybridized carbons (Fsp3) is 0.611. The van der Waals surface area contributed by atoms with Gasteiger partial charge >= 0.3 is 0 Å².